The molecule has 0 fully saturated rings. The first-order valence-corrected chi connectivity index (χ1v) is 5.13. The van der Waals surface area contributed by atoms with Crippen LogP contribution in [0.1, 0.15) is 15.9 Å². The minimum Gasteiger partial charge on any atom is -0.506 e. The van der Waals surface area contributed by atoms with E-state index in [4.69, 9.17) is 0 Å². The van der Waals surface area contributed by atoms with Crippen LogP contribution in [-0.4, -0.2) is 24.5 Å². The van der Waals surface area contributed by atoms with Gasteiger partial charge >= 0.3 is 0 Å². The van der Waals surface area contributed by atoms with Crippen molar-refractivity contribution in [3.8, 4) is 5.75 Å². The molecule has 3 nitrogen and oxygen atoms in total. The molecule has 1 aromatic carbocycles. The fourth-order valence-corrected chi connectivity index (χ4v) is 1.69. The Bertz CT molecular complexity index is 381. The molecule has 0 aromatic heterocycles. The number of ketones is 1. The van der Waals surface area contributed by atoms with Crippen LogP contribution >= 0.6 is 15.9 Å². The fraction of sp³-hybridized carbons (Fsp3) is 0.300. The number of phenolic OH excluding ortho intramolecular Hbond substituents is 1. The number of benzene rings is 1. The number of rotatable bonds is 3. The minimum absolute atomic E-state index is 0.0243. The SMILES string of the molecule is CNCC(=O)c1c(C)c(F)cc(Br)c1O. The Morgan fingerprint density at radius 1 is 1.67 bits per heavy atom. The van der Waals surface area contributed by atoms with E-state index in [9.17, 15) is 14.3 Å². The summed E-state index contributed by atoms with van der Waals surface area (Å²) < 4.78 is 13.5. The molecule has 0 saturated heterocycles. The zero-order chi connectivity index (χ0) is 11.6. The van der Waals surface area contributed by atoms with Gasteiger partial charge in [-0.15, -0.1) is 0 Å². The number of likely N-dealkylation sites (N-methyl/N-ethyl adjacent to an activating group) is 1. The van der Waals surface area contributed by atoms with Gasteiger partial charge < -0.3 is 10.4 Å². The summed E-state index contributed by atoms with van der Waals surface area (Å²) in [6, 6.07) is 1.14. The van der Waals surface area contributed by atoms with Gasteiger partial charge in [0.1, 0.15) is 11.6 Å². The van der Waals surface area contributed by atoms with Crippen molar-refractivity contribution in [2.75, 3.05) is 13.6 Å². The summed E-state index contributed by atoms with van der Waals surface area (Å²) in [5.74, 6) is -1.07. The van der Waals surface area contributed by atoms with Crippen LogP contribution in [0.5, 0.6) is 5.75 Å². The van der Waals surface area contributed by atoms with Crippen LogP contribution in [0.15, 0.2) is 10.5 Å². The van der Waals surface area contributed by atoms with Crippen LogP contribution in [0, 0.1) is 12.7 Å². The summed E-state index contributed by atoms with van der Waals surface area (Å²) in [5.41, 5.74) is 0.187. The molecule has 1 rings (SSSR count). The first kappa shape index (κ1) is 12.1. The standard InChI is InChI=1S/C10H11BrFNO2/c1-5-7(12)3-6(11)10(15)9(5)8(14)4-13-2/h3,13,15H,4H2,1-2H3. The predicted octanol–water partition coefficient (Wildman–Crippen LogP) is 2.00. The summed E-state index contributed by atoms with van der Waals surface area (Å²) in [6.07, 6.45) is 0. The highest BCUT2D eigenvalue weighted by Crippen LogP contribution is 2.32. The van der Waals surface area contributed by atoms with Gasteiger partial charge in [-0.25, -0.2) is 4.39 Å². The number of aromatic hydroxyl groups is 1. The van der Waals surface area contributed by atoms with Crippen molar-refractivity contribution in [1.82, 2.24) is 5.32 Å². The molecular formula is C10H11BrFNO2. The second kappa shape index (κ2) is 4.72. The van der Waals surface area contributed by atoms with Crippen molar-refractivity contribution in [2.45, 2.75) is 6.92 Å². The summed E-state index contributed by atoms with van der Waals surface area (Å²) in [6.45, 7) is 1.52. The number of carbonyl (C=O) groups is 1. The monoisotopic (exact) mass is 275 g/mol. The van der Waals surface area contributed by atoms with Crippen LogP contribution in [0.25, 0.3) is 0 Å². The molecule has 0 atom stereocenters. The van der Waals surface area contributed by atoms with Crippen LogP contribution in [0.4, 0.5) is 4.39 Å². The number of carbonyl (C=O) groups excluding carboxylic acids is 1. The lowest BCUT2D eigenvalue weighted by molar-refractivity contribution is 0.0989. The zero-order valence-corrected chi connectivity index (χ0v) is 9.98. The van der Waals surface area contributed by atoms with E-state index in [2.05, 4.69) is 21.2 Å². The third-order valence-electron chi connectivity index (χ3n) is 2.07. The van der Waals surface area contributed by atoms with Gasteiger partial charge in [-0.05, 0) is 41.5 Å². The molecule has 0 bridgehead atoms. The third kappa shape index (κ3) is 2.35. The first-order chi connectivity index (χ1) is 6.99. The number of hydrogen-bond acceptors (Lipinski definition) is 3. The summed E-state index contributed by atoms with van der Waals surface area (Å²) in [4.78, 5) is 11.6. The molecule has 0 aliphatic carbocycles. The Morgan fingerprint density at radius 2 is 2.27 bits per heavy atom. The molecule has 0 amide bonds. The summed E-state index contributed by atoms with van der Waals surface area (Å²) in [7, 11) is 1.61. The van der Waals surface area contributed by atoms with Gasteiger partial charge in [0.05, 0.1) is 16.6 Å². The number of Topliss-reactive ketones (excluding diaryl/α,β-unsaturated/α-hetero) is 1. The van der Waals surface area contributed by atoms with Crippen molar-refractivity contribution in [3.05, 3.63) is 27.5 Å². The normalized spacial score (nSPS) is 10.4. The quantitative estimate of drug-likeness (QED) is 0.830. The lowest BCUT2D eigenvalue weighted by Gasteiger charge is -2.09. The van der Waals surface area contributed by atoms with Crippen molar-refractivity contribution >= 4 is 21.7 Å². The Hall–Kier alpha value is -0.940. The fourth-order valence-electron chi connectivity index (χ4n) is 1.29. The van der Waals surface area contributed by atoms with E-state index in [0.717, 1.165) is 6.07 Å². The maximum atomic E-state index is 13.3. The minimum atomic E-state index is -0.515. The van der Waals surface area contributed by atoms with Gasteiger partial charge in [-0.2, -0.15) is 0 Å². The van der Waals surface area contributed by atoms with E-state index in [1.807, 2.05) is 0 Å². The van der Waals surface area contributed by atoms with Crippen molar-refractivity contribution in [3.63, 3.8) is 0 Å². The average Bonchev–Trinajstić information content (AvgIpc) is 2.16. The van der Waals surface area contributed by atoms with Gasteiger partial charge in [-0.3, -0.25) is 4.79 Å². The van der Waals surface area contributed by atoms with Crippen LogP contribution in [0.2, 0.25) is 0 Å². The molecule has 0 heterocycles. The van der Waals surface area contributed by atoms with Crippen molar-refractivity contribution in [2.24, 2.45) is 0 Å². The maximum absolute atomic E-state index is 13.3. The highest BCUT2D eigenvalue weighted by Gasteiger charge is 2.19. The number of hydrogen-bond donors (Lipinski definition) is 2. The van der Waals surface area contributed by atoms with E-state index in [1.165, 1.54) is 6.92 Å². The van der Waals surface area contributed by atoms with Gasteiger partial charge in [0.15, 0.2) is 5.78 Å². The number of halogens is 2. The lowest BCUT2D eigenvalue weighted by atomic mass is 10.0. The molecular weight excluding hydrogens is 265 g/mol. The topological polar surface area (TPSA) is 49.3 Å². The van der Waals surface area contributed by atoms with Gasteiger partial charge in [-0.1, -0.05) is 0 Å². The van der Waals surface area contributed by atoms with Crippen LogP contribution < -0.4 is 5.32 Å². The Morgan fingerprint density at radius 3 is 2.80 bits per heavy atom. The van der Waals surface area contributed by atoms with Crippen molar-refractivity contribution < 1.29 is 14.3 Å². The smallest absolute Gasteiger partial charge is 0.180 e. The third-order valence-corrected chi connectivity index (χ3v) is 2.67. The molecule has 0 spiro atoms. The Balaban J connectivity index is 3.32. The van der Waals surface area contributed by atoms with E-state index in [0.29, 0.717) is 0 Å². The largest absolute Gasteiger partial charge is 0.506 e. The van der Waals surface area contributed by atoms with E-state index >= 15 is 0 Å². The summed E-state index contributed by atoms with van der Waals surface area (Å²) >= 11 is 2.99. The molecule has 0 aliphatic heterocycles. The van der Waals surface area contributed by atoms with Gasteiger partial charge in [0.2, 0.25) is 0 Å². The molecule has 0 radical (unpaired) electrons. The zero-order valence-electron chi connectivity index (χ0n) is 8.40. The van der Waals surface area contributed by atoms with E-state index < -0.39 is 5.82 Å². The van der Waals surface area contributed by atoms with Crippen molar-refractivity contribution in [1.29, 1.82) is 0 Å². The first-order valence-electron chi connectivity index (χ1n) is 4.34. The second-order valence-electron chi connectivity index (χ2n) is 3.14. The molecule has 0 unspecified atom stereocenters. The van der Waals surface area contributed by atoms with E-state index in [1.54, 1.807) is 7.05 Å². The lowest BCUT2D eigenvalue weighted by Crippen LogP contribution is -2.20. The highest BCUT2D eigenvalue weighted by molar-refractivity contribution is 9.10. The molecule has 15 heavy (non-hydrogen) atoms. The molecule has 5 heteroatoms. The van der Waals surface area contributed by atoms with Crippen LogP contribution in [0.3, 0.4) is 0 Å². The Kier molecular flexibility index (Phi) is 3.82. The van der Waals surface area contributed by atoms with Crippen LogP contribution in [-0.2, 0) is 0 Å². The molecule has 82 valence electrons. The highest BCUT2D eigenvalue weighted by atomic mass is 79.9. The van der Waals surface area contributed by atoms with E-state index in [-0.39, 0.29) is 33.7 Å². The second-order valence-corrected chi connectivity index (χ2v) is 4.00. The van der Waals surface area contributed by atoms with Gasteiger partial charge in [0, 0.05) is 0 Å². The Labute approximate surface area is 95.4 Å². The predicted molar refractivity (Wildman–Crippen MR) is 58.8 cm³/mol. The molecule has 0 aliphatic rings. The number of nitrogens with one attached hydrogen (secondary N) is 1. The number of phenols is 1. The average molecular weight is 276 g/mol. The maximum Gasteiger partial charge on any atom is 0.180 e. The molecule has 0 saturated carbocycles. The summed E-state index contributed by atoms with van der Waals surface area (Å²) in [5, 5.41) is 12.3. The molecule has 2 N–H and O–H groups in total. The molecule has 1 aromatic rings. The van der Waals surface area contributed by atoms with Gasteiger partial charge in [0.25, 0.3) is 0 Å².